The standard InChI is InChI=1S/C11H13NO3S/c13-7-1-2-12-9(5-7)8-6-16-11-10(8)14-3-4-15-11/h6,9,12H,1-5H2. The fourth-order valence-corrected chi connectivity index (χ4v) is 3.05. The Balaban J connectivity index is 1.88. The van der Waals surface area contributed by atoms with Gasteiger partial charge in [-0.1, -0.05) is 0 Å². The molecule has 1 atom stereocenters. The predicted octanol–water partition coefficient (Wildman–Crippen LogP) is 1.51. The first kappa shape index (κ1) is 10.1. The van der Waals surface area contributed by atoms with Crippen LogP contribution in [0.3, 0.4) is 0 Å². The van der Waals surface area contributed by atoms with Crippen LogP contribution in [0, 0.1) is 0 Å². The molecular formula is C11H13NO3S. The van der Waals surface area contributed by atoms with Crippen LogP contribution in [0.4, 0.5) is 0 Å². The number of fused-ring (bicyclic) bond motifs is 1. The molecular weight excluding hydrogens is 226 g/mol. The first-order valence-corrected chi connectivity index (χ1v) is 6.34. The van der Waals surface area contributed by atoms with Gasteiger partial charge in [0.25, 0.3) is 0 Å². The minimum absolute atomic E-state index is 0.1000. The molecule has 1 aromatic rings. The van der Waals surface area contributed by atoms with Gasteiger partial charge in [-0.25, -0.2) is 0 Å². The average molecular weight is 239 g/mol. The fraction of sp³-hybridized carbons (Fsp3) is 0.545. The number of rotatable bonds is 1. The van der Waals surface area contributed by atoms with Crippen LogP contribution >= 0.6 is 11.3 Å². The summed E-state index contributed by atoms with van der Waals surface area (Å²) < 4.78 is 11.1. The minimum atomic E-state index is 0.1000. The van der Waals surface area contributed by atoms with E-state index in [9.17, 15) is 4.79 Å². The van der Waals surface area contributed by atoms with Gasteiger partial charge in [-0.3, -0.25) is 4.79 Å². The Bertz CT molecular complexity index is 415. The number of carbonyl (C=O) groups is 1. The molecule has 0 aromatic carbocycles. The summed E-state index contributed by atoms with van der Waals surface area (Å²) in [6.07, 6.45) is 1.20. The topological polar surface area (TPSA) is 47.6 Å². The molecule has 1 aromatic heterocycles. The van der Waals surface area contributed by atoms with E-state index in [1.807, 2.05) is 5.38 Å². The molecule has 3 heterocycles. The van der Waals surface area contributed by atoms with Crippen LogP contribution in [-0.2, 0) is 4.79 Å². The molecule has 2 aliphatic heterocycles. The third-order valence-corrected chi connectivity index (χ3v) is 3.79. The van der Waals surface area contributed by atoms with Gasteiger partial charge < -0.3 is 14.8 Å². The number of ketones is 1. The van der Waals surface area contributed by atoms with E-state index in [1.54, 1.807) is 11.3 Å². The van der Waals surface area contributed by atoms with Crippen LogP contribution in [0.15, 0.2) is 5.38 Å². The number of carbonyl (C=O) groups excluding carboxylic acids is 1. The Kier molecular flexibility index (Phi) is 2.57. The molecule has 1 unspecified atom stereocenters. The second-order valence-corrected chi connectivity index (χ2v) is 4.85. The van der Waals surface area contributed by atoms with Crippen LogP contribution in [0.2, 0.25) is 0 Å². The van der Waals surface area contributed by atoms with Crippen molar-refractivity contribution >= 4 is 17.1 Å². The maximum absolute atomic E-state index is 11.4. The lowest BCUT2D eigenvalue weighted by Crippen LogP contribution is -2.32. The highest BCUT2D eigenvalue weighted by Gasteiger charge is 2.27. The van der Waals surface area contributed by atoms with E-state index >= 15 is 0 Å². The molecule has 1 fully saturated rings. The van der Waals surface area contributed by atoms with Crippen LogP contribution in [0.25, 0.3) is 0 Å². The smallest absolute Gasteiger partial charge is 0.217 e. The molecule has 1 saturated heterocycles. The van der Waals surface area contributed by atoms with Crippen molar-refractivity contribution in [3.8, 4) is 10.8 Å². The molecule has 0 radical (unpaired) electrons. The van der Waals surface area contributed by atoms with Crippen molar-refractivity contribution in [1.82, 2.24) is 5.32 Å². The van der Waals surface area contributed by atoms with Crippen molar-refractivity contribution in [1.29, 1.82) is 0 Å². The zero-order chi connectivity index (χ0) is 11.0. The van der Waals surface area contributed by atoms with Crippen molar-refractivity contribution < 1.29 is 14.3 Å². The number of thiophene rings is 1. The molecule has 1 N–H and O–H groups in total. The average Bonchev–Trinajstić information content (AvgIpc) is 2.72. The van der Waals surface area contributed by atoms with Crippen molar-refractivity contribution in [3.05, 3.63) is 10.9 Å². The quantitative estimate of drug-likeness (QED) is 0.807. The second kappa shape index (κ2) is 4.07. The van der Waals surface area contributed by atoms with Crippen LogP contribution in [0.1, 0.15) is 24.4 Å². The Hall–Kier alpha value is -1.07. The fourth-order valence-electron chi connectivity index (χ4n) is 2.11. The minimum Gasteiger partial charge on any atom is -0.485 e. The number of Topliss-reactive ketones (excluding diaryl/α,β-unsaturated/α-hetero) is 1. The van der Waals surface area contributed by atoms with Gasteiger partial charge in [-0.15, -0.1) is 11.3 Å². The summed E-state index contributed by atoms with van der Waals surface area (Å²) in [5.41, 5.74) is 1.08. The van der Waals surface area contributed by atoms with Gasteiger partial charge in [0.05, 0.1) is 0 Å². The number of ether oxygens (including phenoxy) is 2. The van der Waals surface area contributed by atoms with Gasteiger partial charge in [0.1, 0.15) is 19.0 Å². The summed E-state index contributed by atoms with van der Waals surface area (Å²) >= 11 is 1.55. The lowest BCUT2D eigenvalue weighted by molar-refractivity contribution is -0.120. The summed E-state index contributed by atoms with van der Waals surface area (Å²) in [5.74, 6) is 1.16. The third kappa shape index (κ3) is 1.70. The lowest BCUT2D eigenvalue weighted by Gasteiger charge is -2.24. The predicted molar refractivity (Wildman–Crippen MR) is 60.3 cm³/mol. The highest BCUT2D eigenvalue weighted by Crippen LogP contribution is 2.44. The van der Waals surface area contributed by atoms with Gasteiger partial charge in [-0.2, -0.15) is 0 Å². The molecule has 0 aliphatic carbocycles. The van der Waals surface area contributed by atoms with E-state index in [2.05, 4.69) is 5.32 Å². The highest BCUT2D eigenvalue weighted by molar-refractivity contribution is 7.12. The molecule has 16 heavy (non-hydrogen) atoms. The van der Waals surface area contributed by atoms with E-state index in [0.717, 1.165) is 22.9 Å². The third-order valence-electron chi connectivity index (χ3n) is 2.91. The van der Waals surface area contributed by atoms with Gasteiger partial charge in [0, 0.05) is 36.4 Å². The molecule has 0 spiro atoms. The van der Waals surface area contributed by atoms with E-state index in [1.165, 1.54) is 0 Å². The van der Waals surface area contributed by atoms with Gasteiger partial charge >= 0.3 is 0 Å². The van der Waals surface area contributed by atoms with Crippen molar-refractivity contribution in [2.75, 3.05) is 19.8 Å². The number of hydrogen-bond acceptors (Lipinski definition) is 5. The molecule has 3 rings (SSSR count). The molecule has 4 nitrogen and oxygen atoms in total. The largest absolute Gasteiger partial charge is 0.485 e. The van der Waals surface area contributed by atoms with Gasteiger partial charge in [0.2, 0.25) is 5.06 Å². The van der Waals surface area contributed by atoms with E-state index in [-0.39, 0.29) is 6.04 Å². The Morgan fingerprint density at radius 1 is 1.38 bits per heavy atom. The summed E-state index contributed by atoms with van der Waals surface area (Å²) in [6, 6.07) is 0.1000. The summed E-state index contributed by atoms with van der Waals surface area (Å²) in [7, 11) is 0. The SMILES string of the molecule is O=C1CCNC(c2csc3c2OCCO3)C1. The first-order valence-electron chi connectivity index (χ1n) is 5.46. The van der Waals surface area contributed by atoms with Crippen LogP contribution < -0.4 is 14.8 Å². The number of hydrogen-bond donors (Lipinski definition) is 1. The monoisotopic (exact) mass is 239 g/mol. The lowest BCUT2D eigenvalue weighted by atomic mass is 9.98. The number of nitrogens with one attached hydrogen (secondary N) is 1. The second-order valence-electron chi connectivity index (χ2n) is 4.00. The maximum Gasteiger partial charge on any atom is 0.217 e. The Labute approximate surface area is 97.6 Å². The van der Waals surface area contributed by atoms with Gasteiger partial charge in [0.15, 0.2) is 5.75 Å². The van der Waals surface area contributed by atoms with Crippen molar-refractivity contribution in [2.45, 2.75) is 18.9 Å². The molecule has 86 valence electrons. The molecule has 0 amide bonds. The van der Waals surface area contributed by atoms with Crippen LogP contribution in [0.5, 0.6) is 10.8 Å². The molecule has 0 saturated carbocycles. The van der Waals surface area contributed by atoms with E-state index in [0.29, 0.717) is 31.8 Å². The summed E-state index contributed by atoms with van der Waals surface area (Å²) in [6.45, 7) is 1.97. The normalized spacial score (nSPS) is 24.5. The summed E-state index contributed by atoms with van der Waals surface area (Å²) in [5, 5.41) is 6.23. The highest BCUT2D eigenvalue weighted by atomic mass is 32.1. The molecule has 2 aliphatic rings. The van der Waals surface area contributed by atoms with E-state index in [4.69, 9.17) is 9.47 Å². The maximum atomic E-state index is 11.4. The van der Waals surface area contributed by atoms with Crippen LogP contribution in [-0.4, -0.2) is 25.5 Å². The number of piperidine rings is 1. The zero-order valence-electron chi connectivity index (χ0n) is 8.82. The van der Waals surface area contributed by atoms with E-state index < -0.39 is 0 Å². The summed E-state index contributed by atoms with van der Waals surface area (Å²) in [4.78, 5) is 11.4. The Morgan fingerprint density at radius 3 is 3.12 bits per heavy atom. The van der Waals surface area contributed by atoms with Gasteiger partial charge in [-0.05, 0) is 0 Å². The molecule has 5 heteroatoms. The molecule has 0 bridgehead atoms. The van der Waals surface area contributed by atoms with Crippen molar-refractivity contribution in [2.24, 2.45) is 0 Å². The Morgan fingerprint density at radius 2 is 2.25 bits per heavy atom. The first-order chi connectivity index (χ1) is 7.84. The zero-order valence-corrected chi connectivity index (χ0v) is 9.64. The van der Waals surface area contributed by atoms with Crippen molar-refractivity contribution in [3.63, 3.8) is 0 Å².